The number of carbonyl (C=O) groups is 3. The van der Waals surface area contributed by atoms with Gasteiger partial charge in [-0.2, -0.15) is 0 Å². The maximum atomic E-state index is 12.9. The molecule has 41 heavy (non-hydrogen) atoms. The van der Waals surface area contributed by atoms with Crippen molar-refractivity contribution >= 4 is 23.3 Å². The maximum absolute atomic E-state index is 12.9. The number of carbonyl (C=O) groups excluding carboxylic acids is 3. The van der Waals surface area contributed by atoms with Crippen LogP contribution in [0.25, 0.3) is 0 Å². The first-order valence-corrected chi connectivity index (χ1v) is 14.7. The molecule has 1 aliphatic heterocycles. The van der Waals surface area contributed by atoms with Crippen LogP contribution in [0.15, 0.2) is 48.7 Å². The second-order valence-electron chi connectivity index (χ2n) is 12.9. The smallest absolute Gasteiger partial charge is 0.327 e. The lowest BCUT2D eigenvalue weighted by atomic mass is 9.50. The number of nitrogens with zero attached hydrogens (tertiary/aromatic N) is 4. The van der Waals surface area contributed by atoms with E-state index in [4.69, 9.17) is 4.74 Å². The van der Waals surface area contributed by atoms with Crippen molar-refractivity contribution in [3.05, 3.63) is 76.6 Å². The summed E-state index contributed by atoms with van der Waals surface area (Å²) in [7, 11) is 0. The minimum atomic E-state index is -0.585. The Morgan fingerprint density at radius 1 is 1.12 bits per heavy atom. The number of anilines is 1. The minimum absolute atomic E-state index is 0.0602. The van der Waals surface area contributed by atoms with E-state index in [1.54, 1.807) is 30.5 Å². The summed E-state index contributed by atoms with van der Waals surface area (Å²) < 4.78 is 7.34. The highest BCUT2D eigenvalue weighted by atomic mass is 16.5. The van der Waals surface area contributed by atoms with E-state index in [2.05, 4.69) is 56.2 Å². The highest BCUT2D eigenvalue weighted by Gasteiger charge is 2.52. The number of hydrogen-bond acceptors (Lipinski definition) is 6. The molecule has 6 rings (SSSR count). The Hall–Kier alpha value is -3.81. The Kier molecular flexibility index (Phi) is 6.83. The Balaban J connectivity index is 1.10. The first-order valence-electron chi connectivity index (χ1n) is 14.7. The van der Waals surface area contributed by atoms with Gasteiger partial charge in [0.1, 0.15) is 12.2 Å². The third-order valence-corrected chi connectivity index (χ3v) is 9.81. The third-order valence-electron chi connectivity index (χ3n) is 9.81. The van der Waals surface area contributed by atoms with E-state index < -0.39 is 11.7 Å². The lowest BCUT2D eigenvalue weighted by molar-refractivity contribution is -0.152. The molecule has 0 saturated heterocycles. The van der Waals surface area contributed by atoms with Gasteiger partial charge < -0.3 is 4.74 Å². The molecular weight excluding hydrogens is 516 g/mol. The zero-order chi connectivity index (χ0) is 28.9. The molecule has 1 aromatic heterocycles. The van der Waals surface area contributed by atoms with Crippen molar-refractivity contribution in [1.82, 2.24) is 15.0 Å². The molecule has 1 amide bonds. The number of esters is 1. The summed E-state index contributed by atoms with van der Waals surface area (Å²) >= 11 is 0. The van der Waals surface area contributed by atoms with Crippen molar-refractivity contribution in [3.8, 4) is 0 Å². The van der Waals surface area contributed by atoms with Gasteiger partial charge in [0.2, 0.25) is 0 Å². The van der Waals surface area contributed by atoms with E-state index in [0.29, 0.717) is 35.4 Å². The Bertz CT molecular complexity index is 1530. The molecule has 2 aromatic carbocycles. The predicted molar refractivity (Wildman–Crippen MR) is 155 cm³/mol. The molecule has 0 bridgehead atoms. The fraction of sp³-hybridized carbons (Fsp3) is 0.485. The normalized spacial score (nSPS) is 25.2. The third kappa shape index (κ3) is 4.77. The highest BCUT2D eigenvalue weighted by molar-refractivity contribution is 6.52. The van der Waals surface area contributed by atoms with E-state index in [1.165, 1.54) is 26.3 Å². The van der Waals surface area contributed by atoms with Crippen molar-refractivity contribution in [3.63, 3.8) is 0 Å². The van der Waals surface area contributed by atoms with Gasteiger partial charge in [0.05, 0.1) is 30.6 Å². The van der Waals surface area contributed by atoms with Gasteiger partial charge in [-0.25, -0.2) is 4.68 Å². The molecule has 0 N–H and O–H groups in total. The monoisotopic (exact) mass is 554 g/mol. The highest BCUT2D eigenvalue weighted by Crippen LogP contribution is 2.57. The first kappa shape index (κ1) is 27.4. The van der Waals surface area contributed by atoms with Crippen LogP contribution < -0.4 is 4.90 Å². The zero-order valence-electron chi connectivity index (χ0n) is 24.4. The second kappa shape index (κ2) is 10.2. The van der Waals surface area contributed by atoms with Crippen molar-refractivity contribution in [2.75, 3.05) is 11.5 Å². The molecule has 0 spiro atoms. The van der Waals surface area contributed by atoms with Crippen LogP contribution in [0.5, 0.6) is 0 Å². The SMILES string of the molecule is CC(C)c1ccc2c(c1)CC[C@H]1[C@](C)(COC(=O)Cn3cc(CN4C(=O)C(=O)c5ccccc54)nn3)CCC[C@]21C. The van der Waals surface area contributed by atoms with Gasteiger partial charge in [-0.05, 0) is 71.8 Å². The van der Waals surface area contributed by atoms with Crippen LogP contribution in [0, 0.1) is 11.3 Å². The molecule has 2 aliphatic carbocycles. The van der Waals surface area contributed by atoms with Crippen LogP contribution in [0.4, 0.5) is 5.69 Å². The number of Topliss-reactive ketones (excluding diaryl/α,β-unsaturated/α-hetero) is 1. The Morgan fingerprint density at radius 2 is 1.93 bits per heavy atom. The number of para-hydroxylation sites is 1. The number of aromatic nitrogens is 3. The quantitative estimate of drug-likeness (QED) is 0.287. The summed E-state index contributed by atoms with van der Waals surface area (Å²) in [6.45, 7) is 9.63. The van der Waals surface area contributed by atoms with Gasteiger partial charge in [0.25, 0.3) is 11.7 Å². The van der Waals surface area contributed by atoms with E-state index in [9.17, 15) is 14.4 Å². The molecule has 3 aliphatic rings. The largest absolute Gasteiger partial charge is 0.464 e. The predicted octanol–water partition coefficient (Wildman–Crippen LogP) is 5.38. The van der Waals surface area contributed by atoms with Crippen molar-refractivity contribution in [2.24, 2.45) is 11.3 Å². The summed E-state index contributed by atoms with van der Waals surface area (Å²) in [4.78, 5) is 39.1. The topological polar surface area (TPSA) is 94.4 Å². The van der Waals surface area contributed by atoms with Crippen LogP contribution in [0.2, 0.25) is 0 Å². The van der Waals surface area contributed by atoms with Gasteiger partial charge >= 0.3 is 5.97 Å². The van der Waals surface area contributed by atoms with Crippen molar-refractivity contribution in [2.45, 2.75) is 84.2 Å². The summed E-state index contributed by atoms with van der Waals surface area (Å²) in [6.07, 6.45) is 7.11. The van der Waals surface area contributed by atoms with Gasteiger partial charge in [0, 0.05) is 5.41 Å². The van der Waals surface area contributed by atoms with Crippen molar-refractivity contribution < 1.29 is 19.1 Å². The van der Waals surface area contributed by atoms with Crippen LogP contribution in [0.1, 0.15) is 92.0 Å². The van der Waals surface area contributed by atoms with E-state index in [0.717, 1.165) is 32.1 Å². The number of amides is 1. The fourth-order valence-corrected chi connectivity index (χ4v) is 7.65. The summed E-state index contributed by atoms with van der Waals surface area (Å²) in [5.74, 6) is -0.503. The van der Waals surface area contributed by atoms with E-state index >= 15 is 0 Å². The second-order valence-corrected chi connectivity index (χ2v) is 12.9. The van der Waals surface area contributed by atoms with Crippen LogP contribution >= 0.6 is 0 Å². The van der Waals surface area contributed by atoms with Crippen LogP contribution in [-0.2, 0) is 39.3 Å². The molecule has 3 atom stereocenters. The average molecular weight is 555 g/mol. The lowest BCUT2D eigenvalue weighted by Crippen LogP contribution is -2.51. The molecule has 8 nitrogen and oxygen atoms in total. The molecule has 0 radical (unpaired) electrons. The van der Waals surface area contributed by atoms with Crippen LogP contribution in [-0.4, -0.2) is 39.3 Å². The standard InChI is InChI=1S/C33H38N4O4/c1-21(2)22-10-12-26-23(16-22)11-13-28-32(3,14-7-15-33(26,28)4)20-41-29(38)19-36-17-24(34-35-36)18-37-27-9-6-5-8-25(27)30(39)31(37)40/h5-6,8-10,12,16-17,21,28H,7,11,13-15,18-20H2,1-4H3/t28-,32-,33+/m0/s1. The van der Waals surface area contributed by atoms with E-state index in [1.807, 2.05) is 0 Å². The van der Waals surface area contributed by atoms with E-state index in [-0.39, 0.29) is 29.9 Å². The van der Waals surface area contributed by atoms with Gasteiger partial charge in [0.15, 0.2) is 0 Å². The summed E-state index contributed by atoms with van der Waals surface area (Å²) in [5, 5.41) is 8.20. The molecule has 0 unspecified atom stereocenters. The Labute approximate surface area is 241 Å². The maximum Gasteiger partial charge on any atom is 0.327 e. The number of hydrogen-bond donors (Lipinski definition) is 0. The van der Waals surface area contributed by atoms with Crippen LogP contribution in [0.3, 0.4) is 0 Å². The number of rotatable bonds is 7. The number of ether oxygens (including phenoxy) is 1. The van der Waals surface area contributed by atoms with Crippen molar-refractivity contribution in [1.29, 1.82) is 0 Å². The number of ketones is 1. The minimum Gasteiger partial charge on any atom is -0.464 e. The molecule has 2 heterocycles. The molecule has 1 fully saturated rings. The van der Waals surface area contributed by atoms with Gasteiger partial charge in [-0.1, -0.05) is 69.7 Å². The molecule has 3 aromatic rings. The fourth-order valence-electron chi connectivity index (χ4n) is 7.65. The number of fused-ring (bicyclic) bond motifs is 4. The summed E-state index contributed by atoms with van der Waals surface area (Å²) in [5.41, 5.74) is 5.80. The molecular formula is C33H38N4O4. The average Bonchev–Trinajstić information content (AvgIpc) is 3.49. The molecule has 8 heteroatoms. The zero-order valence-corrected chi connectivity index (χ0v) is 24.4. The molecule has 1 saturated carbocycles. The van der Waals surface area contributed by atoms with Gasteiger partial charge in [-0.15, -0.1) is 5.10 Å². The van der Waals surface area contributed by atoms with Gasteiger partial charge in [-0.3, -0.25) is 19.3 Å². The number of benzene rings is 2. The summed E-state index contributed by atoms with van der Waals surface area (Å²) in [6, 6.07) is 14.0. The molecule has 214 valence electrons. The lowest BCUT2D eigenvalue weighted by Gasteiger charge is -2.55. The Morgan fingerprint density at radius 3 is 2.73 bits per heavy atom. The first-order chi connectivity index (χ1) is 19.6. The number of aryl methyl sites for hydroxylation is 1.